The van der Waals surface area contributed by atoms with Crippen molar-refractivity contribution in [2.75, 3.05) is 0 Å². The Kier molecular flexibility index (Phi) is 17.4. The second-order valence-electron chi connectivity index (χ2n) is 11.0. The summed E-state index contributed by atoms with van der Waals surface area (Å²) in [6.45, 7) is 0.597. The van der Waals surface area contributed by atoms with Crippen molar-refractivity contribution in [1.82, 2.24) is 0 Å². The van der Waals surface area contributed by atoms with E-state index in [0.29, 0.717) is 19.3 Å². The summed E-state index contributed by atoms with van der Waals surface area (Å²) in [5, 5.41) is 0. The van der Waals surface area contributed by atoms with Gasteiger partial charge in [0.05, 0.1) is 0 Å². The lowest BCUT2D eigenvalue weighted by atomic mass is 10.0. The van der Waals surface area contributed by atoms with E-state index in [2.05, 4.69) is 0 Å². The number of carbonyl (C=O) groups is 3. The maximum absolute atomic E-state index is 11.8. The molecular weight excluding hydrogens is 456 g/mol. The maximum atomic E-state index is 11.8. The van der Waals surface area contributed by atoms with Crippen molar-refractivity contribution in [3.8, 4) is 0 Å². The van der Waals surface area contributed by atoms with E-state index in [1.54, 1.807) is 0 Å². The summed E-state index contributed by atoms with van der Waals surface area (Å²) < 4.78 is 16.3. The molecule has 0 heterocycles. The molecular formula is C30H52O6. The van der Waals surface area contributed by atoms with Crippen LogP contribution in [0.5, 0.6) is 0 Å². The Hall–Kier alpha value is -1.59. The van der Waals surface area contributed by atoms with Gasteiger partial charge in [0.2, 0.25) is 0 Å². The van der Waals surface area contributed by atoms with Gasteiger partial charge in [-0.05, 0) is 89.9 Å². The van der Waals surface area contributed by atoms with E-state index >= 15 is 0 Å². The third-order valence-corrected chi connectivity index (χ3v) is 7.76. The van der Waals surface area contributed by atoms with Gasteiger partial charge < -0.3 is 14.2 Å². The first-order valence-corrected chi connectivity index (χ1v) is 15.2. The molecule has 0 aromatic heterocycles. The van der Waals surface area contributed by atoms with Crippen molar-refractivity contribution >= 4 is 18.4 Å². The quantitative estimate of drug-likeness (QED) is 0.0644. The summed E-state index contributed by atoms with van der Waals surface area (Å²) in [6.07, 6.45) is 25.4. The van der Waals surface area contributed by atoms with Gasteiger partial charge in [-0.3, -0.25) is 14.4 Å². The van der Waals surface area contributed by atoms with Gasteiger partial charge in [0.15, 0.2) is 0 Å². The van der Waals surface area contributed by atoms with Crippen LogP contribution in [-0.4, -0.2) is 36.7 Å². The number of hydrogen-bond donors (Lipinski definition) is 0. The lowest BCUT2D eigenvalue weighted by Gasteiger charge is -2.15. The standard InChI is InChI=1S/C30H52O6/c31-25-34-26(17-9-5-1-3-7-11-23-29(32)35-27-19-13-14-20-27)18-10-6-2-4-8-12-24-30(33)36-28-21-15-16-22-28/h25-28H,1-24H2. The first-order chi connectivity index (χ1) is 17.7. The monoisotopic (exact) mass is 508 g/mol. The van der Waals surface area contributed by atoms with Gasteiger partial charge in [-0.25, -0.2) is 0 Å². The Morgan fingerprint density at radius 2 is 0.944 bits per heavy atom. The minimum Gasteiger partial charge on any atom is -0.465 e. The molecule has 0 aliphatic heterocycles. The van der Waals surface area contributed by atoms with Crippen LogP contribution in [0.3, 0.4) is 0 Å². The van der Waals surface area contributed by atoms with Crippen molar-refractivity contribution in [3.05, 3.63) is 0 Å². The Morgan fingerprint density at radius 1 is 0.583 bits per heavy atom. The molecule has 0 radical (unpaired) electrons. The fraction of sp³-hybridized carbons (Fsp3) is 0.900. The third kappa shape index (κ3) is 15.5. The van der Waals surface area contributed by atoms with Gasteiger partial charge in [-0.15, -0.1) is 0 Å². The molecule has 2 rings (SSSR count). The van der Waals surface area contributed by atoms with Gasteiger partial charge in [-0.2, -0.15) is 0 Å². The predicted octanol–water partition coefficient (Wildman–Crippen LogP) is 7.74. The zero-order valence-corrected chi connectivity index (χ0v) is 22.7. The number of hydrogen-bond acceptors (Lipinski definition) is 6. The average Bonchev–Trinajstić information content (AvgIpc) is 3.56. The molecule has 0 bridgehead atoms. The first kappa shape index (κ1) is 30.6. The third-order valence-electron chi connectivity index (χ3n) is 7.76. The molecule has 208 valence electrons. The van der Waals surface area contributed by atoms with Gasteiger partial charge in [0.1, 0.15) is 18.3 Å². The van der Waals surface area contributed by atoms with Crippen molar-refractivity contribution in [3.63, 3.8) is 0 Å². The van der Waals surface area contributed by atoms with E-state index in [1.165, 1.54) is 38.5 Å². The number of carbonyl (C=O) groups excluding carboxylic acids is 3. The average molecular weight is 509 g/mol. The largest absolute Gasteiger partial charge is 0.465 e. The molecule has 0 aromatic carbocycles. The maximum Gasteiger partial charge on any atom is 0.306 e. The molecule has 0 amide bonds. The molecule has 0 N–H and O–H groups in total. The van der Waals surface area contributed by atoms with Crippen molar-refractivity contribution in [2.45, 2.75) is 172 Å². The first-order valence-electron chi connectivity index (χ1n) is 15.2. The molecule has 0 spiro atoms. The number of esters is 2. The highest BCUT2D eigenvalue weighted by Crippen LogP contribution is 2.23. The highest BCUT2D eigenvalue weighted by Gasteiger charge is 2.19. The molecule has 6 nitrogen and oxygen atoms in total. The molecule has 6 heteroatoms. The van der Waals surface area contributed by atoms with Crippen LogP contribution < -0.4 is 0 Å². The van der Waals surface area contributed by atoms with Gasteiger partial charge in [0, 0.05) is 12.8 Å². The Labute approximate surface area is 219 Å². The van der Waals surface area contributed by atoms with Crippen LogP contribution in [0.1, 0.15) is 154 Å². The number of ether oxygens (including phenoxy) is 3. The van der Waals surface area contributed by atoms with Crippen LogP contribution in [0.2, 0.25) is 0 Å². The normalized spacial score (nSPS) is 16.5. The Morgan fingerprint density at radius 3 is 1.33 bits per heavy atom. The SMILES string of the molecule is O=COC(CCCCCCCCC(=O)OC1CCCC1)CCCCCCCCC(=O)OC1CCCC1. The highest BCUT2D eigenvalue weighted by atomic mass is 16.5. The molecule has 2 aliphatic carbocycles. The number of unbranched alkanes of at least 4 members (excludes halogenated alkanes) is 10. The summed E-state index contributed by atoms with van der Waals surface area (Å²) in [4.78, 5) is 34.5. The molecule has 0 atom stereocenters. The molecule has 2 fully saturated rings. The smallest absolute Gasteiger partial charge is 0.306 e. The zero-order valence-electron chi connectivity index (χ0n) is 22.7. The highest BCUT2D eigenvalue weighted by molar-refractivity contribution is 5.69. The molecule has 2 saturated carbocycles. The Balaban J connectivity index is 1.35. The lowest BCUT2D eigenvalue weighted by molar-refractivity contribution is -0.149. The fourth-order valence-electron chi connectivity index (χ4n) is 5.56. The second-order valence-corrected chi connectivity index (χ2v) is 11.0. The fourth-order valence-corrected chi connectivity index (χ4v) is 5.56. The van der Waals surface area contributed by atoms with Crippen LogP contribution in [0.25, 0.3) is 0 Å². The summed E-state index contributed by atoms with van der Waals surface area (Å²) in [5.74, 6) is -0.0370. The minimum absolute atomic E-state index is 0.0185. The second kappa shape index (κ2) is 20.5. The van der Waals surface area contributed by atoms with Crippen molar-refractivity contribution < 1.29 is 28.6 Å². The molecule has 36 heavy (non-hydrogen) atoms. The van der Waals surface area contributed by atoms with Gasteiger partial charge in [-0.1, -0.05) is 51.4 Å². The van der Waals surface area contributed by atoms with Crippen LogP contribution in [0.4, 0.5) is 0 Å². The summed E-state index contributed by atoms with van der Waals surface area (Å²) in [6, 6.07) is 0. The van der Waals surface area contributed by atoms with Crippen LogP contribution >= 0.6 is 0 Å². The van der Waals surface area contributed by atoms with Crippen LogP contribution in [0, 0.1) is 0 Å². The van der Waals surface area contributed by atoms with Crippen LogP contribution in [0.15, 0.2) is 0 Å². The van der Waals surface area contributed by atoms with E-state index < -0.39 is 0 Å². The van der Waals surface area contributed by atoms with E-state index in [-0.39, 0.29) is 30.3 Å². The molecule has 0 aromatic rings. The Bertz CT molecular complexity index is 534. The van der Waals surface area contributed by atoms with Gasteiger partial charge >= 0.3 is 11.9 Å². The van der Waals surface area contributed by atoms with Crippen molar-refractivity contribution in [1.29, 1.82) is 0 Å². The minimum atomic E-state index is -0.0185. The van der Waals surface area contributed by atoms with E-state index in [0.717, 1.165) is 103 Å². The zero-order chi connectivity index (χ0) is 25.7. The lowest BCUT2D eigenvalue weighted by Crippen LogP contribution is -2.14. The van der Waals surface area contributed by atoms with E-state index in [9.17, 15) is 14.4 Å². The topological polar surface area (TPSA) is 78.9 Å². The predicted molar refractivity (Wildman–Crippen MR) is 142 cm³/mol. The molecule has 2 aliphatic rings. The van der Waals surface area contributed by atoms with E-state index in [4.69, 9.17) is 14.2 Å². The van der Waals surface area contributed by atoms with Crippen molar-refractivity contribution in [2.24, 2.45) is 0 Å². The van der Waals surface area contributed by atoms with E-state index in [1.807, 2.05) is 0 Å². The summed E-state index contributed by atoms with van der Waals surface area (Å²) in [5.41, 5.74) is 0. The molecule has 0 unspecified atom stereocenters. The summed E-state index contributed by atoms with van der Waals surface area (Å²) >= 11 is 0. The van der Waals surface area contributed by atoms with Crippen LogP contribution in [-0.2, 0) is 28.6 Å². The van der Waals surface area contributed by atoms with Gasteiger partial charge in [0.25, 0.3) is 6.47 Å². The summed E-state index contributed by atoms with van der Waals surface area (Å²) in [7, 11) is 0. The molecule has 0 saturated heterocycles. The number of rotatable bonds is 22.